The number of hydrogen-bond donors (Lipinski definition) is 7. The van der Waals surface area contributed by atoms with Crippen LogP contribution >= 0.6 is 35.4 Å². The summed E-state index contributed by atoms with van der Waals surface area (Å²) < 4.78 is 111. The highest BCUT2D eigenvalue weighted by Crippen LogP contribution is 2.45. The van der Waals surface area contributed by atoms with Gasteiger partial charge in [0.25, 0.3) is 30.4 Å². The molecule has 6 aromatic carbocycles. The van der Waals surface area contributed by atoms with Crippen molar-refractivity contribution in [3.63, 3.8) is 0 Å². The number of thiazole rings is 1. The van der Waals surface area contributed by atoms with Gasteiger partial charge in [-0.1, -0.05) is 57.8 Å². The normalized spacial score (nSPS) is 12.3. The molecule has 0 bridgehead atoms. The number of nitrogens with one attached hydrogen (secondary N) is 2. The van der Waals surface area contributed by atoms with E-state index in [0.717, 1.165) is 52.4 Å². The van der Waals surface area contributed by atoms with Gasteiger partial charge in [-0.25, -0.2) is 20.5 Å². The zero-order valence-electron chi connectivity index (χ0n) is 35.9. The number of pyridine rings is 1. The van der Waals surface area contributed by atoms with Gasteiger partial charge in [0.05, 0.1) is 45.1 Å². The third-order valence-electron chi connectivity index (χ3n) is 10.0. The van der Waals surface area contributed by atoms with Crippen LogP contribution in [0.1, 0.15) is 11.1 Å². The molecule has 0 aliphatic carbocycles. The maximum Gasteiger partial charge on any atom is 0.295 e. The van der Waals surface area contributed by atoms with E-state index < -0.39 is 40.1 Å². The second-order valence-electron chi connectivity index (χ2n) is 14.5. The standard InChI is InChI=1S/C42H29N9O15S6/c1-22-34(21-43)39(44-26-8-12-30(13-9-26)70(54,55)56)47-40(45-27-10-14-31(15-11-27)71(57,58)59)37(22)49-51-42-46-38(25-7-6-23-4-2-3-5-24(23)16-25)41(67-42)50-48-28-17-33-32(35(18-28)69-66-64-53)19-29(68-65-63-52)20-36(33)72(60,61)62/h2-20,52-53H,1H3,(H2,44,45,47)(H,54,55,56)(H,57,58,59)(H,60,61,62). The summed E-state index contributed by atoms with van der Waals surface area (Å²) in [6.07, 6.45) is 0. The van der Waals surface area contributed by atoms with Crippen molar-refractivity contribution < 1.29 is 68.2 Å². The Balaban J connectivity index is 1.25. The average molecular weight is 1090 g/mol. The minimum atomic E-state index is -4.94. The van der Waals surface area contributed by atoms with E-state index in [1.165, 1.54) is 42.5 Å². The van der Waals surface area contributed by atoms with Crippen LogP contribution in [0, 0.1) is 18.3 Å². The molecule has 0 atom stereocenters. The number of nitriles is 1. The zero-order chi connectivity index (χ0) is 51.4. The lowest BCUT2D eigenvalue weighted by Crippen LogP contribution is -2.05. The molecule has 2 aromatic heterocycles. The van der Waals surface area contributed by atoms with Crippen LogP contribution in [0.5, 0.6) is 0 Å². The molecule has 72 heavy (non-hydrogen) atoms. The van der Waals surface area contributed by atoms with Crippen molar-refractivity contribution in [3.05, 3.63) is 126 Å². The van der Waals surface area contributed by atoms with E-state index in [2.05, 4.69) is 60.9 Å². The minimum absolute atomic E-state index is 0.00182. The van der Waals surface area contributed by atoms with E-state index in [1.807, 2.05) is 36.4 Å². The summed E-state index contributed by atoms with van der Waals surface area (Å²) in [5.41, 5.74) is 1.57. The van der Waals surface area contributed by atoms with Crippen LogP contribution in [0.25, 0.3) is 32.8 Å². The Morgan fingerprint density at radius 1 is 0.653 bits per heavy atom. The van der Waals surface area contributed by atoms with Crippen molar-refractivity contribution in [2.45, 2.75) is 31.4 Å². The first-order valence-corrected chi connectivity index (χ1v) is 26.3. The first-order chi connectivity index (χ1) is 34.3. The van der Waals surface area contributed by atoms with Crippen LogP contribution < -0.4 is 10.6 Å². The van der Waals surface area contributed by atoms with Crippen molar-refractivity contribution in [1.29, 1.82) is 5.26 Å². The van der Waals surface area contributed by atoms with Crippen LogP contribution in [0.3, 0.4) is 0 Å². The van der Waals surface area contributed by atoms with Gasteiger partial charge in [0.2, 0.25) is 5.13 Å². The van der Waals surface area contributed by atoms with Crippen molar-refractivity contribution in [2.75, 3.05) is 10.6 Å². The number of benzene rings is 6. The topological polar surface area (TPSA) is 364 Å². The number of nitrogens with zero attached hydrogens (tertiary/aromatic N) is 7. The fourth-order valence-electron chi connectivity index (χ4n) is 6.81. The maximum atomic E-state index is 12.7. The van der Waals surface area contributed by atoms with Gasteiger partial charge in [0.15, 0.2) is 16.6 Å². The summed E-state index contributed by atoms with van der Waals surface area (Å²) in [5, 5.41) is 61.2. The van der Waals surface area contributed by atoms with Gasteiger partial charge < -0.3 is 10.6 Å². The largest absolute Gasteiger partial charge is 0.339 e. The van der Waals surface area contributed by atoms with E-state index in [-0.39, 0.29) is 86.8 Å². The molecule has 0 saturated heterocycles. The summed E-state index contributed by atoms with van der Waals surface area (Å²) in [6, 6.07) is 30.1. The molecule has 0 aliphatic rings. The smallest absolute Gasteiger partial charge is 0.295 e. The third-order valence-corrected chi connectivity index (χ3v) is 14.7. The summed E-state index contributed by atoms with van der Waals surface area (Å²) in [6.45, 7) is 1.55. The van der Waals surface area contributed by atoms with Gasteiger partial charge >= 0.3 is 0 Å². The lowest BCUT2D eigenvalue weighted by atomic mass is 10.1. The van der Waals surface area contributed by atoms with Gasteiger partial charge in [-0.15, -0.1) is 29.1 Å². The van der Waals surface area contributed by atoms with Crippen molar-refractivity contribution in [2.24, 2.45) is 20.5 Å². The maximum absolute atomic E-state index is 12.7. The van der Waals surface area contributed by atoms with Gasteiger partial charge in [-0.2, -0.15) is 30.5 Å². The quantitative estimate of drug-likeness (QED) is 0.0138. The third kappa shape index (κ3) is 11.9. The fraction of sp³-hybridized carbons (Fsp3) is 0.0238. The molecule has 2 heterocycles. The first kappa shape index (κ1) is 51.5. The monoisotopic (exact) mass is 1090 g/mol. The number of hydrogen-bond acceptors (Lipinski definition) is 24. The Kier molecular flexibility index (Phi) is 15.3. The van der Waals surface area contributed by atoms with Crippen LogP contribution in [0.15, 0.2) is 160 Å². The zero-order valence-corrected chi connectivity index (χ0v) is 40.8. The fourth-order valence-corrected chi connectivity index (χ4v) is 10.3. The minimum Gasteiger partial charge on any atom is -0.339 e. The molecule has 368 valence electrons. The molecule has 0 amide bonds. The van der Waals surface area contributed by atoms with Crippen molar-refractivity contribution in [1.82, 2.24) is 9.97 Å². The lowest BCUT2D eigenvalue weighted by molar-refractivity contribution is -0.432. The molecule has 0 spiro atoms. The second kappa shape index (κ2) is 21.4. The van der Waals surface area contributed by atoms with Gasteiger partial charge in [0, 0.05) is 43.1 Å². The Morgan fingerprint density at radius 2 is 1.28 bits per heavy atom. The molecule has 24 nitrogen and oxygen atoms in total. The molecular formula is C42H29N9O15S6. The van der Waals surface area contributed by atoms with E-state index in [9.17, 15) is 44.2 Å². The lowest BCUT2D eigenvalue weighted by Gasteiger charge is -2.16. The van der Waals surface area contributed by atoms with Gasteiger partial charge in [0.1, 0.15) is 22.3 Å². The Morgan fingerprint density at radius 3 is 1.89 bits per heavy atom. The summed E-state index contributed by atoms with van der Waals surface area (Å²) in [7, 11) is -14.0. The Bertz CT molecular complexity index is 3860. The molecule has 0 fully saturated rings. The summed E-state index contributed by atoms with van der Waals surface area (Å²) >= 11 is 1.76. The second-order valence-corrected chi connectivity index (χ2v) is 21.2. The first-order valence-electron chi connectivity index (χ1n) is 19.7. The van der Waals surface area contributed by atoms with E-state index in [0.29, 0.717) is 29.6 Å². The molecule has 0 saturated carbocycles. The SMILES string of the molecule is Cc1c(C#N)c(Nc2ccc(S(=O)(=O)O)cc2)nc(Nc2ccc(S(=O)(=O)O)cc2)c1N=Nc1nc(-c2ccc3ccccc3c2)c(N=Nc2cc(SOOO)c3cc(SOOO)cc(S(=O)(=O)O)c3c2)s1. The number of anilines is 4. The molecule has 0 aliphatic heterocycles. The van der Waals surface area contributed by atoms with Crippen molar-refractivity contribution in [3.8, 4) is 17.3 Å². The van der Waals surface area contributed by atoms with E-state index >= 15 is 0 Å². The predicted octanol–water partition coefficient (Wildman–Crippen LogP) is 11.6. The van der Waals surface area contributed by atoms with Crippen molar-refractivity contribution >= 4 is 132 Å². The molecule has 7 N–H and O–H groups in total. The highest BCUT2D eigenvalue weighted by molar-refractivity contribution is 7.95. The van der Waals surface area contributed by atoms with Crippen LogP contribution in [0.2, 0.25) is 0 Å². The van der Waals surface area contributed by atoms with E-state index in [1.54, 1.807) is 13.0 Å². The van der Waals surface area contributed by atoms with Gasteiger partial charge in [-0.3, -0.25) is 13.7 Å². The number of rotatable bonds is 18. The Hall–Kier alpha value is -6.90. The molecule has 8 aromatic rings. The average Bonchev–Trinajstić information content (AvgIpc) is 3.76. The number of aromatic nitrogens is 2. The predicted molar refractivity (Wildman–Crippen MR) is 261 cm³/mol. The molecule has 30 heteroatoms. The number of fused-ring (bicyclic) bond motifs is 2. The number of azo groups is 2. The van der Waals surface area contributed by atoms with E-state index in [4.69, 9.17) is 15.5 Å². The molecule has 8 rings (SSSR count). The van der Waals surface area contributed by atoms with Crippen LogP contribution in [0.4, 0.5) is 44.5 Å². The molecule has 0 unspecified atom stereocenters. The highest BCUT2D eigenvalue weighted by Gasteiger charge is 2.23. The Labute approximate surface area is 419 Å². The van der Waals surface area contributed by atoms with Gasteiger partial charge in [-0.05, 0) is 96.6 Å². The summed E-state index contributed by atoms with van der Waals surface area (Å²) in [5.74, 6) is -0.0527. The van der Waals surface area contributed by atoms with Crippen LogP contribution in [-0.2, 0) is 49.1 Å². The molecule has 0 radical (unpaired) electrons. The highest BCUT2D eigenvalue weighted by atomic mass is 32.2. The van der Waals surface area contributed by atoms with Crippen LogP contribution in [-0.4, -0.2) is 59.4 Å². The molecular weight excluding hydrogens is 1060 g/mol. The summed E-state index contributed by atoms with van der Waals surface area (Å²) in [4.78, 5) is 8.10.